The Kier molecular flexibility index (Phi) is 3.11. The van der Waals surface area contributed by atoms with Crippen LogP contribution in [0.15, 0.2) is 30.3 Å². The standard InChI is InChI=1S/C13H16O4/c14-10-6-11-12(15-7-10)8-16-13(17-11)9-4-2-1-3-5-9/h1-5,10-14H,6-8H2/t10-,11+,12-,13-/m1/s1. The van der Waals surface area contributed by atoms with Crippen molar-refractivity contribution < 1.29 is 19.3 Å². The molecule has 4 nitrogen and oxygen atoms in total. The highest BCUT2D eigenvalue weighted by atomic mass is 16.7. The van der Waals surface area contributed by atoms with Gasteiger partial charge in [-0.1, -0.05) is 30.3 Å². The van der Waals surface area contributed by atoms with Crippen molar-refractivity contribution in [1.29, 1.82) is 0 Å². The SMILES string of the molecule is O[C@H]1CO[C@@H]2CO[C@@H](c3ccccc3)O[C@H]2C1. The monoisotopic (exact) mass is 236 g/mol. The summed E-state index contributed by atoms with van der Waals surface area (Å²) < 4.78 is 17.0. The van der Waals surface area contributed by atoms with Gasteiger partial charge in [0.25, 0.3) is 0 Å². The Morgan fingerprint density at radius 2 is 1.82 bits per heavy atom. The molecule has 0 radical (unpaired) electrons. The van der Waals surface area contributed by atoms with Gasteiger partial charge in [0.1, 0.15) is 6.10 Å². The summed E-state index contributed by atoms with van der Waals surface area (Å²) in [7, 11) is 0. The summed E-state index contributed by atoms with van der Waals surface area (Å²) in [5.74, 6) is 0. The van der Waals surface area contributed by atoms with Gasteiger partial charge in [0.2, 0.25) is 0 Å². The lowest BCUT2D eigenvalue weighted by Crippen LogP contribution is -2.49. The molecule has 0 aliphatic carbocycles. The fourth-order valence-corrected chi connectivity index (χ4v) is 2.29. The Balaban J connectivity index is 1.70. The molecule has 3 rings (SSSR count). The van der Waals surface area contributed by atoms with Crippen LogP contribution >= 0.6 is 0 Å². The lowest BCUT2D eigenvalue weighted by atomic mass is 10.0. The minimum absolute atomic E-state index is 0.0432. The van der Waals surface area contributed by atoms with Gasteiger partial charge < -0.3 is 19.3 Å². The first-order valence-electron chi connectivity index (χ1n) is 5.94. The molecule has 0 aromatic heterocycles. The first kappa shape index (κ1) is 11.2. The second kappa shape index (κ2) is 4.74. The maximum absolute atomic E-state index is 9.56. The van der Waals surface area contributed by atoms with Gasteiger partial charge in [0.15, 0.2) is 6.29 Å². The van der Waals surface area contributed by atoms with E-state index >= 15 is 0 Å². The van der Waals surface area contributed by atoms with E-state index in [4.69, 9.17) is 14.2 Å². The molecule has 0 amide bonds. The van der Waals surface area contributed by atoms with Crippen LogP contribution < -0.4 is 0 Å². The average molecular weight is 236 g/mol. The minimum Gasteiger partial charge on any atom is -0.391 e. The Labute approximate surface area is 100 Å². The van der Waals surface area contributed by atoms with E-state index in [1.165, 1.54) is 0 Å². The third kappa shape index (κ3) is 2.35. The van der Waals surface area contributed by atoms with Crippen LogP contribution in [0.25, 0.3) is 0 Å². The molecule has 0 unspecified atom stereocenters. The predicted octanol–water partition coefficient (Wildman–Crippen LogP) is 1.25. The van der Waals surface area contributed by atoms with Crippen molar-refractivity contribution >= 4 is 0 Å². The molecule has 4 heteroatoms. The molecule has 1 aromatic carbocycles. The van der Waals surface area contributed by atoms with E-state index in [0.717, 1.165) is 5.56 Å². The maximum Gasteiger partial charge on any atom is 0.184 e. The van der Waals surface area contributed by atoms with E-state index in [1.807, 2.05) is 30.3 Å². The first-order chi connectivity index (χ1) is 8.33. The minimum atomic E-state index is -0.425. The number of aliphatic hydroxyl groups excluding tert-OH is 1. The second-order valence-electron chi connectivity index (χ2n) is 4.51. The highest BCUT2D eigenvalue weighted by Crippen LogP contribution is 2.31. The molecule has 2 aliphatic heterocycles. The Morgan fingerprint density at radius 3 is 2.65 bits per heavy atom. The lowest BCUT2D eigenvalue weighted by Gasteiger charge is -2.40. The molecule has 1 aromatic rings. The van der Waals surface area contributed by atoms with Crippen LogP contribution in [0.1, 0.15) is 18.3 Å². The van der Waals surface area contributed by atoms with Gasteiger partial charge in [0.05, 0.1) is 25.4 Å². The maximum atomic E-state index is 9.56. The summed E-state index contributed by atoms with van der Waals surface area (Å²) in [6.07, 6.45) is -0.259. The van der Waals surface area contributed by atoms with Crippen molar-refractivity contribution in [3.8, 4) is 0 Å². The molecule has 92 valence electrons. The Morgan fingerprint density at radius 1 is 1.00 bits per heavy atom. The Hall–Kier alpha value is -0.940. The van der Waals surface area contributed by atoms with Gasteiger partial charge in [-0.15, -0.1) is 0 Å². The second-order valence-corrected chi connectivity index (χ2v) is 4.51. The van der Waals surface area contributed by atoms with Crippen LogP contribution in [-0.4, -0.2) is 36.6 Å². The number of ether oxygens (including phenoxy) is 3. The zero-order chi connectivity index (χ0) is 11.7. The Bertz CT molecular complexity index is 367. The van der Waals surface area contributed by atoms with Gasteiger partial charge in [-0.2, -0.15) is 0 Å². The van der Waals surface area contributed by atoms with Crippen LogP contribution in [0.3, 0.4) is 0 Å². The lowest BCUT2D eigenvalue weighted by molar-refractivity contribution is -0.288. The molecule has 4 atom stereocenters. The van der Waals surface area contributed by atoms with Crippen molar-refractivity contribution in [2.75, 3.05) is 13.2 Å². The smallest absolute Gasteiger partial charge is 0.184 e. The normalized spacial score (nSPS) is 37.5. The number of fused-ring (bicyclic) bond motifs is 1. The summed E-state index contributed by atoms with van der Waals surface area (Å²) in [4.78, 5) is 0. The molecule has 2 saturated heterocycles. The molecule has 1 N–H and O–H groups in total. The highest BCUT2D eigenvalue weighted by Gasteiger charge is 2.37. The molecular weight excluding hydrogens is 220 g/mol. The van der Waals surface area contributed by atoms with Gasteiger partial charge in [-0.25, -0.2) is 0 Å². The van der Waals surface area contributed by atoms with Crippen molar-refractivity contribution in [3.63, 3.8) is 0 Å². The number of hydrogen-bond acceptors (Lipinski definition) is 4. The zero-order valence-corrected chi connectivity index (χ0v) is 9.49. The van der Waals surface area contributed by atoms with E-state index in [9.17, 15) is 5.11 Å². The van der Waals surface area contributed by atoms with Gasteiger partial charge in [-0.3, -0.25) is 0 Å². The molecule has 17 heavy (non-hydrogen) atoms. The summed E-state index contributed by atoms with van der Waals surface area (Å²) in [5.41, 5.74) is 1.01. The highest BCUT2D eigenvalue weighted by molar-refractivity contribution is 5.16. The van der Waals surface area contributed by atoms with E-state index in [1.54, 1.807) is 0 Å². The third-order valence-electron chi connectivity index (χ3n) is 3.20. The molecule has 0 bridgehead atoms. The van der Waals surface area contributed by atoms with Crippen LogP contribution in [0.2, 0.25) is 0 Å². The van der Waals surface area contributed by atoms with Gasteiger partial charge in [0, 0.05) is 12.0 Å². The number of aliphatic hydroxyl groups is 1. The summed E-state index contributed by atoms with van der Waals surface area (Å²) in [6.45, 7) is 0.904. The molecule has 2 aliphatic rings. The number of hydrogen-bond donors (Lipinski definition) is 1. The topological polar surface area (TPSA) is 47.9 Å². The number of rotatable bonds is 1. The largest absolute Gasteiger partial charge is 0.391 e. The van der Waals surface area contributed by atoms with Crippen LogP contribution in [-0.2, 0) is 14.2 Å². The fourth-order valence-electron chi connectivity index (χ4n) is 2.29. The number of benzene rings is 1. The van der Waals surface area contributed by atoms with E-state index < -0.39 is 6.10 Å². The zero-order valence-electron chi connectivity index (χ0n) is 9.49. The summed E-state index contributed by atoms with van der Waals surface area (Å²) in [6, 6.07) is 9.83. The molecular formula is C13H16O4. The van der Waals surface area contributed by atoms with Crippen LogP contribution in [0.4, 0.5) is 0 Å². The van der Waals surface area contributed by atoms with E-state index in [0.29, 0.717) is 19.6 Å². The molecule has 0 saturated carbocycles. The van der Waals surface area contributed by atoms with Crippen molar-refractivity contribution in [3.05, 3.63) is 35.9 Å². The quantitative estimate of drug-likeness (QED) is 0.797. The summed E-state index contributed by atoms with van der Waals surface area (Å²) in [5, 5.41) is 9.56. The van der Waals surface area contributed by atoms with Crippen molar-refractivity contribution in [2.45, 2.75) is 31.0 Å². The molecule has 0 spiro atoms. The molecule has 2 heterocycles. The first-order valence-corrected chi connectivity index (χ1v) is 5.94. The fraction of sp³-hybridized carbons (Fsp3) is 0.538. The third-order valence-corrected chi connectivity index (χ3v) is 3.20. The van der Waals surface area contributed by atoms with Gasteiger partial charge in [-0.05, 0) is 0 Å². The molecule has 2 fully saturated rings. The van der Waals surface area contributed by atoms with Crippen LogP contribution in [0.5, 0.6) is 0 Å². The average Bonchev–Trinajstić information content (AvgIpc) is 2.39. The van der Waals surface area contributed by atoms with Crippen LogP contribution in [0, 0.1) is 0 Å². The summed E-state index contributed by atoms with van der Waals surface area (Å²) >= 11 is 0. The van der Waals surface area contributed by atoms with Crippen molar-refractivity contribution in [1.82, 2.24) is 0 Å². The van der Waals surface area contributed by atoms with Gasteiger partial charge >= 0.3 is 0 Å². The van der Waals surface area contributed by atoms with Crippen molar-refractivity contribution in [2.24, 2.45) is 0 Å². The predicted molar refractivity (Wildman–Crippen MR) is 60.4 cm³/mol. The van der Waals surface area contributed by atoms with E-state index in [2.05, 4.69) is 0 Å². The van der Waals surface area contributed by atoms with E-state index in [-0.39, 0.29) is 18.5 Å².